The van der Waals surface area contributed by atoms with Gasteiger partial charge in [-0.05, 0) is 42.8 Å². The molecule has 0 bridgehead atoms. The molecule has 3 nitrogen and oxygen atoms in total. The van der Waals surface area contributed by atoms with Crippen molar-refractivity contribution in [2.24, 2.45) is 0 Å². The van der Waals surface area contributed by atoms with Crippen molar-refractivity contribution in [2.45, 2.75) is 19.9 Å². The van der Waals surface area contributed by atoms with Gasteiger partial charge >= 0.3 is 0 Å². The van der Waals surface area contributed by atoms with Gasteiger partial charge in [-0.1, -0.05) is 19.1 Å². The summed E-state index contributed by atoms with van der Waals surface area (Å²) in [5.41, 5.74) is 9.87. The summed E-state index contributed by atoms with van der Waals surface area (Å²) in [6, 6.07) is 16.2. The third kappa shape index (κ3) is 2.08. The third-order valence-electron chi connectivity index (χ3n) is 3.27. The summed E-state index contributed by atoms with van der Waals surface area (Å²) < 4.78 is 2.28. The predicted octanol–water partition coefficient (Wildman–Crippen LogP) is 3.70. The maximum absolute atomic E-state index is 5.75. The van der Waals surface area contributed by atoms with Crippen LogP contribution < -0.4 is 5.73 Å². The van der Waals surface area contributed by atoms with E-state index >= 15 is 0 Å². The van der Waals surface area contributed by atoms with E-state index in [0.717, 1.165) is 35.6 Å². The standard InChI is InChI=1S/C16H17N3/c1-2-11-19-15-6-4-3-5-14(15)18-16(19)12-7-9-13(17)10-8-12/h3-10H,2,11,17H2,1H3. The van der Waals surface area contributed by atoms with Crippen LogP contribution in [0.2, 0.25) is 0 Å². The second kappa shape index (κ2) is 4.76. The molecule has 0 aliphatic heterocycles. The average molecular weight is 251 g/mol. The van der Waals surface area contributed by atoms with Gasteiger partial charge in [0, 0.05) is 17.8 Å². The first-order valence-corrected chi connectivity index (χ1v) is 6.61. The van der Waals surface area contributed by atoms with Gasteiger partial charge in [-0.15, -0.1) is 0 Å². The van der Waals surface area contributed by atoms with Gasteiger partial charge in [0.05, 0.1) is 11.0 Å². The van der Waals surface area contributed by atoms with E-state index in [4.69, 9.17) is 10.7 Å². The third-order valence-corrected chi connectivity index (χ3v) is 3.27. The van der Waals surface area contributed by atoms with E-state index < -0.39 is 0 Å². The molecule has 1 aromatic heterocycles. The monoisotopic (exact) mass is 251 g/mol. The molecule has 0 saturated heterocycles. The fraction of sp³-hybridized carbons (Fsp3) is 0.188. The van der Waals surface area contributed by atoms with E-state index in [-0.39, 0.29) is 0 Å². The summed E-state index contributed by atoms with van der Waals surface area (Å²) in [6.45, 7) is 3.15. The highest BCUT2D eigenvalue weighted by Gasteiger charge is 2.11. The Balaban J connectivity index is 2.21. The zero-order chi connectivity index (χ0) is 13.2. The Bertz CT molecular complexity index is 696. The lowest BCUT2D eigenvalue weighted by molar-refractivity contribution is 0.704. The number of hydrogen-bond acceptors (Lipinski definition) is 2. The maximum atomic E-state index is 5.75. The second-order valence-electron chi connectivity index (χ2n) is 4.70. The molecule has 1 heterocycles. The molecule has 96 valence electrons. The van der Waals surface area contributed by atoms with Crippen molar-refractivity contribution in [1.82, 2.24) is 9.55 Å². The summed E-state index contributed by atoms with van der Waals surface area (Å²) in [4.78, 5) is 4.75. The lowest BCUT2D eigenvalue weighted by Crippen LogP contribution is -1.99. The smallest absolute Gasteiger partial charge is 0.141 e. The zero-order valence-corrected chi connectivity index (χ0v) is 11.0. The molecule has 3 heteroatoms. The number of imidazole rings is 1. The molecule has 19 heavy (non-hydrogen) atoms. The van der Waals surface area contributed by atoms with Gasteiger partial charge in [0.2, 0.25) is 0 Å². The minimum Gasteiger partial charge on any atom is -0.399 e. The van der Waals surface area contributed by atoms with Gasteiger partial charge in [-0.3, -0.25) is 0 Å². The van der Waals surface area contributed by atoms with Gasteiger partial charge in [-0.25, -0.2) is 4.98 Å². The van der Waals surface area contributed by atoms with Gasteiger partial charge in [0.25, 0.3) is 0 Å². The number of nitrogens with zero attached hydrogens (tertiary/aromatic N) is 2. The minimum atomic E-state index is 0.780. The fourth-order valence-corrected chi connectivity index (χ4v) is 2.38. The molecule has 3 rings (SSSR count). The number of benzene rings is 2. The summed E-state index contributed by atoms with van der Waals surface area (Å²) >= 11 is 0. The number of nitrogens with two attached hydrogens (primary N) is 1. The quantitative estimate of drug-likeness (QED) is 0.721. The van der Waals surface area contributed by atoms with Crippen LogP contribution in [0.15, 0.2) is 48.5 Å². The second-order valence-corrected chi connectivity index (χ2v) is 4.70. The van der Waals surface area contributed by atoms with Crippen molar-refractivity contribution in [3.63, 3.8) is 0 Å². The van der Waals surface area contributed by atoms with Crippen LogP contribution in [0.25, 0.3) is 22.4 Å². The molecule has 0 amide bonds. The molecule has 0 radical (unpaired) electrons. The van der Waals surface area contributed by atoms with Crippen molar-refractivity contribution < 1.29 is 0 Å². The van der Waals surface area contributed by atoms with Crippen molar-refractivity contribution in [3.05, 3.63) is 48.5 Å². The molecule has 0 unspecified atom stereocenters. The highest BCUT2D eigenvalue weighted by atomic mass is 15.1. The fourth-order valence-electron chi connectivity index (χ4n) is 2.38. The number of hydrogen-bond donors (Lipinski definition) is 1. The van der Waals surface area contributed by atoms with Gasteiger partial charge in [0.15, 0.2) is 0 Å². The first-order chi connectivity index (χ1) is 9.29. The number of aromatic nitrogens is 2. The first-order valence-electron chi connectivity index (χ1n) is 6.61. The molecular weight excluding hydrogens is 234 g/mol. The van der Waals surface area contributed by atoms with Crippen LogP contribution in [0.4, 0.5) is 5.69 Å². The van der Waals surface area contributed by atoms with Crippen LogP contribution in [-0.2, 0) is 6.54 Å². The lowest BCUT2D eigenvalue weighted by atomic mass is 10.2. The van der Waals surface area contributed by atoms with E-state index in [1.807, 2.05) is 30.3 Å². The summed E-state index contributed by atoms with van der Waals surface area (Å²) in [5.74, 6) is 1.02. The van der Waals surface area contributed by atoms with Gasteiger partial charge < -0.3 is 10.3 Å². The Kier molecular flexibility index (Phi) is 2.95. The minimum absolute atomic E-state index is 0.780. The summed E-state index contributed by atoms with van der Waals surface area (Å²) in [7, 11) is 0. The number of rotatable bonds is 3. The first kappa shape index (κ1) is 11.8. The highest BCUT2D eigenvalue weighted by molar-refractivity contribution is 5.80. The molecule has 0 aliphatic rings. The Labute approximate surface area is 112 Å². The molecule has 0 saturated carbocycles. The molecule has 3 aromatic rings. The number of nitrogen functional groups attached to an aromatic ring is 1. The Morgan fingerprint density at radius 3 is 2.53 bits per heavy atom. The van der Waals surface area contributed by atoms with Crippen LogP contribution in [0.3, 0.4) is 0 Å². The summed E-state index contributed by atoms with van der Waals surface area (Å²) in [6.07, 6.45) is 1.09. The van der Waals surface area contributed by atoms with Crippen LogP contribution in [0.5, 0.6) is 0 Å². The number of para-hydroxylation sites is 2. The zero-order valence-electron chi connectivity index (χ0n) is 11.0. The molecule has 0 spiro atoms. The van der Waals surface area contributed by atoms with Crippen molar-refractivity contribution in [2.75, 3.05) is 5.73 Å². The van der Waals surface area contributed by atoms with Crippen LogP contribution in [0.1, 0.15) is 13.3 Å². The topological polar surface area (TPSA) is 43.8 Å². The average Bonchev–Trinajstić information content (AvgIpc) is 2.79. The molecule has 0 aliphatic carbocycles. The molecule has 0 fully saturated rings. The Morgan fingerprint density at radius 1 is 1.05 bits per heavy atom. The predicted molar refractivity (Wildman–Crippen MR) is 79.9 cm³/mol. The van der Waals surface area contributed by atoms with E-state index in [0.29, 0.717) is 0 Å². The normalized spacial score (nSPS) is 11.0. The highest BCUT2D eigenvalue weighted by Crippen LogP contribution is 2.25. The largest absolute Gasteiger partial charge is 0.399 e. The van der Waals surface area contributed by atoms with Gasteiger partial charge in [0.1, 0.15) is 5.82 Å². The van der Waals surface area contributed by atoms with E-state index in [1.54, 1.807) is 0 Å². The number of anilines is 1. The van der Waals surface area contributed by atoms with Crippen molar-refractivity contribution in [1.29, 1.82) is 0 Å². The molecule has 0 atom stereocenters. The Morgan fingerprint density at radius 2 is 1.79 bits per heavy atom. The van der Waals surface area contributed by atoms with Gasteiger partial charge in [-0.2, -0.15) is 0 Å². The molecule has 2 aromatic carbocycles. The van der Waals surface area contributed by atoms with Crippen molar-refractivity contribution >= 4 is 16.7 Å². The lowest BCUT2D eigenvalue weighted by Gasteiger charge is -2.07. The van der Waals surface area contributed by atoms with Crippen LogP contribution in [-0.4, -0.2) is 9.55 Å². The van der Waals surface area contributed by atoms with Crippen LogP contribution >= 0.6 is 0 Å². The van der Waals surface area contributed by atoms with Crippen molar-refractivity contribution in [3.8, 4) is 11.4 Å². The van der Waals surface area contributed by atoms with Crippen LogP contribution in [0, 0.1) is 0 Å². The Hall–Kier alpha value is -2.29. The molecule has 2 N–H and O–H groups in total. The SMILES string of the molecule is CCCn1c(-c2ccc(N)cc2)nc2ccccc21. The number of aryl methyl sites for hydroxylation is 1. The molecular formula is C16H17N3. The number of fused-ring (bicyclic) bond motifs is 1. The van der Waals surface area contributed by atoms with E-state index in [2.05, 4.69) is 29.7 Å². The van der Waals surface area contributed by atoms with E-state index in [9.17, 15) is 0 Å². The van der Waals surface area contributed by atoms with E-state index in [1.165, 1.54) is 5.52 Å². The summed E-state index contributed by atoms with van der Waals surface area (Å²) in [5, 5.41) is 0. The maximum Gasteiger partial charge on any atom is 0.141 e.